The molecule has 2 aliphatic rings. The highest BCUT2D eigenvalue weighted by atomic mass is 19.1. The minimum atomic E-state index is -0.508. The monoisotopic (exact) mass is 532 g/mol. The van der Waals surface area contributed by atoms with Crippen molar-refractivity contribution in [2.75, 3.05) is 45.2 Å². The Morgan fingerprint density at radius 3 is 2.67 bits per heavy atom. The third-order valence-corrected chi connectivity index (χ3v) is 8.08. The number of carbonyl (C=O) groups excluding carboxylic acids is 1. The number of benzene rings is 1. The van der Waals surface area contributed by atoms with Crippen LogP contribution < -0.4 is 4.90 Å². The van der Waals surface area contributed by atoms with Gasteiger partial charge in [-0.25, -0.2) is 13.3 Å². The van der Waals surface area contributed by atoms with Crippen molar-refractivity contribution < 1.29 is 13.6 Å². The molecule has 2 aliphatic heterocycles. The molecule has 1 atom stereocenters. The van der Waals surface area contributed by atoms with Crippen LogP contribution in [-0.2, 0) is 11.3 Å². The Morgan fingerprint density at radius 1 is 1.18 bits per heavy atom. The van der Waals surface area contributed by atoms with E-state index in [1.54, 1.807) is 37.2 Å². The number of piperidine rings is 1. The van der Waals surface area contributed by atoms with Crippen molar-refractivity contribution in [1.82, 2.24) is 29.2 Å². The van der Waals surface area contributed by atoms with Crippen molar-refractivity contribution >= 4 is 28.0 Å². The Hall–Kier alpha value is -4.04. The number of hydrogen-bond acceptors (Lipinski definition) is 6. The summed E-state index contributed by atoms with van der Waals surface area (Å²) in [5, 5.41) is 18.7. The zero-order valence-corrected chi connectivity index (χ0v) is 22.2. The van der Waals surface area contributed by atoms with Crippen LogP contribution in [0.2, 0.25) is 0 Å². The van der Waals surface area contributed by atoms with Gasteiger partial charge in [-0.3, -0.25) is 14.4 Å². The number of likely N-dealkylation sites (N-methyl/N-ethyl adjacent to an activating group) is 1. The van der Waals surface area contributed by atoms with Crippen molar-refractivity contribution in [3.05, 3.63) is 59.0 Å². The molecule has 1 amide bonds. The summed E-state index contributed by atoms with van der Waals surface area (Å²) in [6, 6.07) is 8.95. The van der Waals surface area contributed by atoms with Crippen LogP contribution in [0.5, 0.6) is 0 Å². The van der Waals surface area contributed by atoms with Gasteiger partial charge in [0, 0.05) is 20.6 Å². The van der Waals surface area contributed by atoms with Crippen LogP contribution >= 0.6 is 0 Å². The molecule has 0 N–H and O–H groups in total. The minimum absolute atomic E-state index is 0.0804. The fourth-order valence-electron chi connectivity index (χ4n) is 5.99. The number of carbonyl (C=O) groups is 1. The van der Waals surface area contributed by atoms with E-state index < -0.39 is 5.82 Å². The lowest BCUT2D eigenvalue weighted by atomic mass is 9.88. The van der Waals surface area contributed by atoms with Crippen molar-refractivity contribution in [1.29, 1.82) is 5.26 Å². The first-order valence-electron chi connectivity index (χ1n) is 13.2. The molecular formula is C28H30F2N8O. The largest absolute Gasteiger partial charge is 0.362 e. The van der Waals surface area contributed by atoms with Gasteiger partial charge in [0.1, 0.15) is 23.1 Å². The van der Waals surface area contributed by atoms with Crippen LogP contribution in [0.4, 0.5) is 14.5 Å². The Kier molecular flexibility index (Phi) is 6.22. The van der Waals surface area contributed by atoms with Crippen LogP contribution in [0.15, 0.2) is 30.5 Å². The highest BCUT2D eigenvalue weighted by Gasteiger charge is 2.31. The summed E-state index contributed by atoms with van der Waals surface area (Å²) >= 11 is 0. The summed E-state index contributed by atoms with van der Waals surface area (Å²) in [5.41, 5.74) is 3.39. The number of pyridine rings is 1. The summed E-state index contributed by atoms with van der Waals surface area (Å²) in [4.78, 5) is 17.8. The van der Waals surface area contributed by atoms with E-state index in [-0.39, 0.29) is 34.9 Å². The zero-order valence-electron chi connectivity index (χ0n) is 22.2. The van der Waals surface area contributed by atoms with Crippen LogP contribution in [0.1, 0.15) is 48.7 Å². The lowest BCUT2D eigenvalue weighted by Crippen LogP contribution is -2.40. The number of nitriles is 1. The van der Waals surface area contributed by atoms with E-state index in [2.05, 4.69) is 10.00 Å². The van der Waals surface area contributed by atoms with E-state index in [0.29, 0.717) is 36.2 Å². The molecular weight excluding hydrogens is 502 g/mol. The standard InChI is InChI=1S/C28H30F2N8O/c1-17-14-36(24-5-4-20(12-31)38-28(24)22(30)13-32-38)15-25-27-21(29)10-19(11-23(27)33-37(17)25)18-6-8-35(9-7-18)16-26(39)34(2)3/h4-5,10-11,13,17-18H,6-9,14-16H2,1-3H3/t17-/m1/s1. The molecule has 9 nitrogen and oxygen atoms in total. The second-order valence-electron chi connectivity index (χ2n) is 10.8. The summed E-state index contributed by atoms with van der Waals surface area (Å²) in [7, 11) is 3.53. The first-order valence-corrected chi connectivity index (χ1v) is 13.2. The van der Waals surface area contributed by atoms with Gasteiger partial charge in [0.2, 0.25) is 5.91 Å². The number of anilines is 1. The van der Waals surface area contributed by atoms with Gasteiger partial charge in [-0.2, -0.15) is 15.5 Å². The van der Waals surface area contributed by atoms with Gasteiger partial charge >= 0.3 is 0 Å². The lowest BCUT2D eigenvalue weighted by molar-refractivity contribution is -0.130. The molecule has 0 spiro atoms. The molecule has 0 bridgehead atoms. The normalized spacial score (nSPS) is 18.5. The highest BCUT2D eigenvalue weighted by Crippen LogP contribution is 2.37. The van der Waals surface area contributed by atoms with Crippen LogP contribution in [0.25, 0.3) is 16.4 Å². The van der Waals surface area contributed by atoms with Gasteiger partial charge < -0.3 is 9.80 Å². The smallest absolute Gasteiger partial charge is 0.236 e. The topological polar surface area (TPSA) is 85.7 Å². The van der Waals surface area contributed by atoms with Gasteiger partial charge in [-0.1, -0.05) is 0 Å². The molecule has 4 aromatic rings. The Labute approximate surface area is 224 Å². The molecule has 3 aromatic heterocycles. The van der Waals surface area contributed by atoms with E-state index in [0.717, 1.165) is 43.4 Å². The number of hydrogen-bond donors (Lipinski definition) is 0. The number of nitrogens with zero attached hydrogens (tertiary/aromatic N) is 8. The second-order valence-corrected chi connectivity index (χ2v) is 10.8. The fourth-order valence-corrected chi connectivity index (χ4v) is 5.99. The van der Waals surface area contributed by atoms with E-state index >= 15 is 4.39 Å². The van der Waals surface area contributed by atoms with Gasteiger partial charge in [-0.15, -0.1) is 0 Å². The SMILES string of the molecule is C[C@@H]1CN(c2ccc(C#N)n3ncc(F)c23)Cc2c3c(F)cc(C4CCN(CC(=O)N(C)C)CC4)cc3nn21. The molecule has 0 aliphatic carbocycles. The molecule has 39 heavy (non-hydrogen) atoms. The van der Waals surface area contributed by atoms with Crippen LogP contribution in [0.3, 0.4) is 0 Å². The van der Waals surface area contributed by atoms with Gasteiger partial charge in [0.15, 0.2) is 5.82 Å². The second kappa shape index (κ2) is 9.61. The third kappa shape index (κ3) is 4.29. The van der Waals surface area contributed by atoms with Gasteiger partial charge in [-0.05, 0) is 68.6 Å². The summed E-state index contributed by atoms with van der Waals surface area (Å²) in [6.45, 7) is 4.90. The van der Waals surface area contributed by atoms with Crippen molar-refractivity contribution in [3.63, 3.8) is 0 Å². The maximum atomic E-state index is 15.7. The molecule has 5 heterocycles. The third-order valence-electron chi connectivity index (χ3n) is 8.08. The Balaban J connectivity index is 1.29. The summed E-state index contributed by atoms with van der Waals surface area (Å²) in [6.07, 6.45) is 2.82. The lowest BCUT2D eigenvalue weighted by Gasteiger charge is -2.34. The average Bonchev–Trinajstić information content (AvgIpc) is 3.50. The Bertz CT molecular complexity index is 1630. The molecule has 0 unspecified atom stereocenters. The maximum Gasteiger partial charge on any atom is 0.236 e. The van der Waals surface area contributed by atoms with Crippen molar-refractivity contribution in [2.45, 2.75) is 38.3 Å². The van der Waals surface area contributed by atoms with E-state index in [9.17, 15) is 14.4 Å². The number of halogens is 2. The molecule has 202 valence electrons. The van der Waals surface area contributed by atoms with Gasteiger partial charge in [0.25, 0.3) is 0 Å². The van der Waals surface area contributed by atoms with Crippen molar-refractivity contribution in [2.24, 2.45) is 0 Å². The van der Waals surface area contributed by atoms with Crippen LogP contribution in [-0.4, -0.2) is 75.4 Å². The Morgan fingerprint density at radius 2 is 1.95 bits per heavy atom. The van der Waals surface area contributed by atoms with E-state index in [1.165, 1.54) is 4.52 Å². The van der Waals surface area contributed by atoms with Crippen molar-refractivity contribution in [3.8, 4) is 6.07 Å². The average molecular weight is 533 g/mol. The van der Waals surface area contributed by atoms with E-state index in [4.69, 9.17) is 5.10 Å². The first kappa shape index (κ1) is 25.2. The number of amides is 1. The summed E-state index contributed by atoms with van der Waals surface area (Å²) in [5.74, 6) is -0.514. The fraction of sp³-hybridized carbons (Fsp3) is 0.429. The molecule has 1 aromatic carbocycles. The van der Waals surface area contributed by atoms with Crippen LogP contribution in [0, 0.1) is 23.0 Å². The molecule has 0 saturated carbocycles. The molecule has 11 heteroatoms. The first-order chi connectivity index (χ1) is 18.7. The predicted molar refractivity (Wildman–Crippen MR) is 142 cm³/mol. The zero-order chi connectivity index (χ0) is 27.4. The molecule has 6 rings (SSSR count). The molecule has 1 saturated heterocycles. The number of fused-ring (bicyclic) bond motifs is 4. The minimum Gasteiger partial charge on any atom is -0.362 e. The maximum absolute atomic E-state index is 15.7. The number of aromatic nitrogens is 4. The summed E-state index contributed by atoms with van der Waals surface area (Å²) < 4.78 is 33.7. The molecule has 1 fully saturated rings. The van der Waals surface area contributed by atoms with Gasteiger partial charge in [0.05, 0.1) is 47.6 Å². The molecule has 0 radical (unpaired) electrons. The quantitative estimate of drug-likeness (QED) is 0.399. The number of likely N-dealkylation sites (tertiary alicyclic amines) is 1. The predicted octanol–water partition coefficient (Wildman–Crippen LogP) is 3.68. The highest BCUT2D eigenvalue weighted by molar-refractivity contribution is 5.84. The number of rotatable bonds is 4. The van der Waals surface area contributed by atoms with E-state index in [1.807, 2.05) is 28.6 Å².